The van der Waals surface area contributed by atoms with Crippen LogP contribution < -0.4 is 10.1 Å². The van der Waals surface area contributed by atoms with E-state index in [2.05, 4.69) is 10.3 Å². The van der Waals surface area contributed by atoms with E-state index in [0.29, 0.717) is 22.4 Å². The molecule has 7 heteroatoms. The van der Waals surface area contributed by atoms with Crippen LogP contribution in [0.15, 0.2) is 36.4 Å². The second-order valence-corrected chi connectivity index (χ2v) is 6.27. The van der Waals surface area contributed by atoms with Crippen molar-refractivity contribution in [1.29, 1.82) is 0 Å². The van der Waals surface area contributed by atoms with Gasteiger partial charge in [-0.15, -0.1) is 0 Å². The number of hydrogen-bond donors (Lipinski definition) is 2. The summed E-state index contributed by atoms with van der Waals surface area (Å²) in [7, 11) is 1.39. The maximum atomic E-state index is 13.7. The Morgan fingerprint density at radius 2 is 2.08 bits per heavy atom. The van der Waals surface area contributed by atoms with Crippen molar-refractivity contribution < 1.29 is 19.0 Å². The van der Waals surface area contributed by atoms with Gasteiger partial charge in [-0.1, -0.05) is 0 Å². The van der Waals surface area contributed by atoms with E-state index in [0.717, 1.165) is 0 Å². The quantitative estimate of drug-likeness (QED) is 0.736. The molecule has 1 heterocycles. The van der Waals surface area contributed by atoms with Crippen LogP contribution in [0.3, 0.4) is 0 Å². The second kappa shape index (κ2) is 7.03. The average molecular weight is 357 g/mol. The molecule has 0 spiro atoms. The second-order valence-electron chi connectivity index (χ2n) is 6.27. The summed E-state index contributed by atoms with van der Waals surface area (Å²) in [6.45, 7) is 3.82. The van der Waals surface area contributed by atoms with E-state index in [4.69, 9.17) is 4.74 Å². The minimum absolute atomic E-state index is 0.00990. The van der Waals surface area contributed by atoms with Gasteiger partial charge in [0.1, 0.15) is 18.1 Å². The number of carbonyl (C=O) groups is 1. The standard InChI is InChI=1S/C19H20FN3O3/c1-11(2)21-18(25)10-23-16-7-5-13(24)9-15(16)22-19(23)12-4-6-14(20)17(8-12)26-3/h4-9,11,24H,10H2,1-3H3,(H,21,25). The van der Waals surface area contributed by atoms with Crippen molar-refractivity contribution in [1.82, 2.24) is 14.9 Å². The molecule has 0 aliphatic heterocycles. The Morgan fingerprint density at radius 3 is 2.77 bits per heavy atom. The van der Waals surface area contributed by atoms with Gasteiger partial charge in [0.25, 0.3) is 0 Å². The predicted octanol–water partition coefficient (Wildman–Crippen LogP) is 3.08. The first kappa shape index (κ1) is 17.7. The zero-order valence-corrected chi connectivity index (χ0v) is 14.8. The Hall–Kier alpha value is -3.09. The third-order valence-electron chi connectivity index (χ3n) is 3.89. The molecule has 2 aromatic carbocycles. The van der Waals surface area contributed by atoms with Crippen LogP contribution in [0.5, 0.6) is 11.5 Å². The number of halogens is 1. The number of methoxy groups -OCH3 is 1. The van der Waals surface area contributed by atoms with Crippen molar-refractivity contribution >= 4 is 16.9 Å². The number of aromatic nitrogens is 2. The first-order chi connectivity index (χ1) is 12.4. The highest BCUT2D eigenvalue weighted by atomic mass is 19.1. The lowest BCUT2D eigenvalue weighted by atomic mass is 10.2. The summed E-state index contributed by atoms with van der Waals surface area (Å²) in [5.74, 6) is 0.0206. The third kappa shape index (κ3) is 3.46. The highest BCUT2D eigenvalue weighted by Crippen LogP contribution is 2.30. The van der Waals surface area contributed by atoms with Crippen LogP contribution >= 0.6 is 0 Å². The number of hydrogen-bond acceptors (Lipinski definition) is 4. The Bertz CT molecular complexity index is 966. The lowest BCUT2D eigenvalue weighted by Gasteiger charge is -2.12. The van der Waals surface area contributed by atoms with Gasteiger partial charge in [-0.3, -0.25) is 4.79 Å². The van der Waals surface area contributed by atoms with Crippen LogP contribution in [0.4, 0.5) is 4.39 Å². The maximum absolute atomic E-state index is 13.7. The number of imidazole rings is 1. The largest absolute Gasteiger partial charge is 0.508 e. The molecule has 26 heavy (non-hydrogen) atoms. The van der Waals surface area contributed by atoms with E-state index in [-0.39, 0.29) is 30.0 Å². The molecule has 0 unspecified atom stereocenters. The normalized spacial score (nSPS) is 11.1. The van der Waals surface area contributed by atoms with E-state index in [1.54, 1.807) is 16.7 Å². The molecule has 0 atom stereocenters. The summed E-state index contributed by atoms with van der Waals surface area (Å²) in [4.78, 5) is 16.8. The lowest BCUT2D eigenvalue weighted by Crippen LogP contribution is -2.33. The molecule has 2 N–H and O–H groups in total. The van der Waals surface area contributed by atoms with E-state index in [1.807, 2.05) is 13.8 Å². The summed E-state index contributed by atoms with van der Waals surface area (Å²) in [6, 6.07) is 9.18. The Morgan fingerprint density at radius 1 is 1.31 bits per heavy atom. The number of rotatable bonds is 5. The fourth-order valence-electron chi connectivity index (χ4n) is 2.81. The number of nitrogens with one attached hydrogen (secondary N) is 1. The number of benzene rings is 2. The average Bonchev–Trinajstić information content (AvgIpc) is 2.92. The summed E-state index contributed by atoms with van der Waals surface area (Å²) in [6.07, 6.45) is 0. The van der Waals surface area contributed by atoms with Gasteiger partial charge in [-0.05, 0) is 44.2 Å². The summed E-state index contributed by atoms with van der Waals surface area (Å²) in [5.41, 5.74) is 1.84. The third-order valence-corrected chi connectivity index (χ3v) is 3.89. The van der Waals surface area contributed by atoms with Gasteiger partial charge in [-0.25, -0.2) is 9.37 Å². The molecular weight excluding hydrogens is 337 g/mol. The summed E-state index contributed by atoms with van der Waals surface area (Å²) in [5, 5.41) is 12.6. The van der Waals surface area contributed by atoms with Gasteiger partial charge in [0.05, 0.1) is 18.1 Å². The van der Waals surface area contributed by atoms with E-state index >= 15 is 0 Å². The molecule has 136 valence electrons. The fraction of sp³-hybridized carbons (Fsp3) is 0.263. The van der Waals surface area contributed by atoms with E-state index in [1.165, 1.54) is 31.4 Å². The molecule has 0 aliphatic rings. The van der Waals surface area contributed by atoms with Crippen molar-refractivity contribution in [2.45, 2.75) is 26.4 Å². The van der Waals surface area contributed by atoms with Crippen molar-refractivity contribution in [3.05, 3.63) is 42.2 Å². The van der Waals surface area contributed by atoms with Crippen molar-refractivity contribution in [2.24, 2.45) is 0 Å². The van der Waals surface area contributed by atoms with Gasteiger partial charge in [-0.2, -0.15) is 0 Å². The zero-order valence-electron chi connectivity index (χ0n) is 14.8. The van der Waals surface area contributed by atoms with Crippen LogP contribution in [0, 0.1) is 5.82 Å². The molecule has 3 rings (SSSR count). The smallest absolute Gasteiger partial charge is 0.240 e. The van der Waals surface area contributed by atoms with Gasteiger partial charge >= 0.3 is 0 Å². The molecule has 1 amide bonds. The van der Waals surface area contributed by atoms with Crippen LogP contribution in [0.25, 0.3) is 22.4 Å². The van der Waals surface area contributed by atoms with Crippen molar-refractivity contribution in [3.63, 3.8) is 0 Å². The first-order valence-electron chi connectivity index (χ1n) is 8.21. The highest BCUT2D eigenvalue weighted by molar-refractivity contribution is 5.85. The van der Waals surface area contributed by atoms with Crippen LogP contribution in [-0.2, 0) is 11.3 Å². The number of ether oxygens (including phenoxy) is 1. The van der Waals surface area contributed by atoms with Crippen molar-refractivity contribution in [2.75, 3.05) is 7.11 Å². The Labute approximate surface area is 150 Å². The lowest BCUT2D eigenvalue weighted by molar-refractivity contribution is -0.122. The molecule has 3 aromatic rings. The molecule has 0 saturated carbocycles. The molecule has 0 aliphatic carbocycles. The van der Waals surface area contributed by atoms with Gasteiger partial charge in [0, 0.05) is 17.7 Å². The molecular formula is C19H20FN3O3. The van der Waals surface area contributed by atoms with Crippen LogP contribution in [0.2, 0.25) is 0 Å². The molecule has 0 saturated heterocycles. The number of phenolic OH excluding ortho intramolecular Hbond substituents is 1. The number of aromatic hydroxyl groups is 1. The van der Waals surface area contributed by atoms with Crippen molar-refractivity contribution in [3.8, 4) is 22.9 Å². The highest BCUT2D eigenvalue weighted by Gasteiger charge is 2.17. The minimum atomic E-state index is -0.478. The number of amides is 1. The molecule has 0 bridgehead atoms. The van der Waals surface area contributed by atoms with E-state index in [9.17, 15) is 14.3 Å². The minimum Gasteiger partial charge on any atom is -0.508 e. The van der Waals surface area contributed by atoms with Gasteiger partial charge in [0.2, 0.25) is 5.91 Å². The fourth-order valence-corrected chi connectivity index (χ4v) is 2.81. The Balaban J connectivity index is 2.14. The SMILES string of the molecule is COc1cc(-c2nc3cc(O)ccc3n2CC(=O)NC(C)C)ccc1F. The maximum Gasteiger partial charge on any atom is 0.240 e. The molecule has 0 fully saturated rings. The van der Waals surface area contributed by atoms with Crippen LogP contribution in [-0.4, -0.2) is 33.7 Å². The number of fused-ring (bicyclic) bond motifs is 1. The number of nitrogens with zero attached hydrogens (tertiary/aromatic N) is 2. The topological polar surface area (TPSA) is 76.4 Å². The number of carbonyl (C=O) groups excluding carboxylic acids is 1. The summed E-state index contributed by atoms with van der Waals surface area (Å²) < 4.78 is 20.5. The van der Waals surface area contributed by atoms with Gasteiger partial charge in [0.15, 0.2) is 11.6 Å². The predicted molar refractivity (Wildman–Crippen MR) is 96.6 cm³/mol. The molecule has 6 nitrogen and oxygen atoms in total. The molecule has 1 aromatic heterocycles. The zero-order chi connectivity index (χ0) is 18.8. The van der Waals surface area contributed by atoms with E-state index < -0.39 is 5.82 Å². The number of phenols is 1. The monoisotopic (exact) mass is 357 g/mol. The first-order valence-corrected chi connectivity index (χ1v) is 8.21. The summed E-state index contributed by atoms with van der Waals surface area (Å²) >= 11 is 0. The van der Waals surface area contributed by atoms with Crippen LogP contribution in [0.1, 0.15) is 13.8 Å². The molecule has 0 radical (unpaired) electrons. The van der Waals surface area contributed by atoms with Gasteiger partial charge < -0.3 is 19.7 Å². The Kier molecular flexibility index (Phi) is 4.79.